The minimum atomic E-state index is -0.969. The zero-order valence-corrected chi connectivity index (χ0v) is 22.1. The second-order valence-corrected chi connectivity index (χ2v) is 12.2. The summed E-state index contributed by atoms with van der Waals surface area (Å²) in [6.07, 6.45) is 4.37. The molecule has 3 saturated heterocycles. The maximum absolute atomic E-state index is 12.9. The van der Waals surface area contributed by atoms with Gasteiger partial charge in [0, 0.05) is 17.8 Å². The Kier molecular flexibility index (Phi) is 7.05. The Morgan fingerprint density at radius 3 is 2.65 bits per heavy atom. The van der Waals surface area contributed by atoms with Gasteiger partial charge in [0.2, 0.25) is 0 Å². The summed E-state index contributed by atoms with van der Waals surface area (Å²) in [4.78, 5) is 25.8. The number of aliphatic hydroxyl groups excluding tert-OH is 1. The smallest absolute Gasteiger partial charge is 0.312 e. The summed E-state index contributed by atoms with van der Waals surface area (Å²) in [6, 6.07) is 7.34. The lowest BCUT2D eigenvalue weighted by Crippen LogP contribution is -2.64. The standard InChI is InChI=1S/C29H40O8/c1-18-23(10-5-4-7-19-8-6-9-20(31)13-19)36-29-16-24(18)35-25(32)14-21(17-30)34-26(33)22-15-28(22,37-29)12-11-27(29,2)3/h6,8-9,13,18,21-24,30-31H,4-5,7,10-12,14-17H2,1-3H3/t18-,21-,22-,23-,24+,28?,29+/m1/s1. The van der Waals surface area contributed by atoms with Crippen LogP contribution < -0.4 is 0 Å². The van der Waals surface area contributed by atoms with Crippen molar-refractivity contribution >= 4 is 11.9 Å². The summed E-state index contributed by atoms with van der Waals surface area (Å²) >= 11 is 0. The van der Waals surface area contributed by atoms with Crippen LogP contribution in [0.5, 0.6) is 5.75 Å². The van der Waals surface area contributed by atoms with E-state index in [2.05, 4.69) is 20.8 Å². The van der Waals surface area contributed by atoms with Gasteiger partial charge in [0.05, 0.1) is 30.7 Å². The van der Waals surface area contributed by atoms with Crippen molar-refractivity contribution in [1.29, 1.82) is 0 Å². The van der Waals surface area contributed by atoms with Gasteiger partial charge in [-0.1, -0.05) is 39.3 Å². The molecule has 4 fully saturated rings. The zero-order valence-electron chi connectivity index (χ0n) is 22.1. The number of phenols is 1. The van der Waals surface area contributed by atoms with Crippen LogP contribution in [0.2, 0.25) is 0 Å². The highest BCUT2D eigenvalue weighted by Gasteiger charge is 2.70. The Balaban J connectivity index is 1.37. The molecule has 7 atom stereocenters. The van der Waals surface area contributed by atoms with Crippen molar-refractivity contribution in [2.24, 2.45) is 17.3 Å². The van der Waals surface area contributed by atoms with Gasteiger partial charge in [0.1, 0.15) is 18.0 Å². The highest BCUT2D eigenvalue weighted by molar-refractivity contribution is 5.79. The van der Waals surface area contributed by atoms with Gasteiger partial charge in [-0.25, -0.2) is 0 Å². The number of phenolic OH excluding ortho intramolecular Hbond substituents is 1. The van der Waals surface area contributed by atoms with Crippen molar-refractivity contribution in [3.8, 4) is 5.75 Å². The SMILES string of the molecule is C[C@H]1[C@@H]2C[C@]3(O[C@@H]1CCCCc1cccc(O)c1)OC1(CCC3(C)C)C[C@@H]1C(=O)O[C@@H](CO)CC(=O)O2. The number of aryl methyl sites for hydroxylation is 1. The normalized spacial score (nSPS) is 38.9. The summed E-state index contributed by atoms with van der Waals surface area (Å²) in [5.74, 6) is -2.06. The molecule has 0 amide bonds. The average Bonchev–Trinajstić information content (AvgIpc) is 3.55. The molecule has 8 heteroatoms. The summed E-state index contributed by atoms with van der Waals surface area (Å²) in [6.45, 7) is 5.91. The van der Waals surface area contributed by atoms with Gasteiger partial charge in [-0.3, -0.25) is 9.59 Å². The Labute approximate surface area is 218 Å². The first-order valence-corrected chi connectivity index (χ1v) is 13.7. The number of hydrogen-bond donors (Lipinski definition) is 2. The fourth-order valence-electron chi connectivity index (χ4n) is 6.45. The van der Waals surface area contributed by atoms with Crippen LogP contribution in [0.15, 0.2) is 24.3 Å². The number of cyclic esters (lactones) is 1. The van der Waals surface area contributed by atoms with Crippen molar-refractivity contribution in [1.82, 2.24) is 0 Å². The van der Waals surface area contributed by atoms with Crippen LogP contribution in [-0.4, -0.2) is 58.5 Å². The van der Waals surface area contributed by atoms with Gasteiger partial charge in [-0.05, 0) is 56.2 Å². The third-order valence-electron chi connectivity index (χ3n) is 9.14. The molecule has 204 valence electrons. The number of carbonyl (C=O) groups excluding carboxylic acids is 2. The lowest BCUT2D eigenvalue weighted by atomic mass is 9.69. The van der Waals surface area contributed by atoms with Crippen LogP contribution in [0.1, 0.15) is 77.7 Å². The highest BCUT2D eigenvalue weighted by atomic mass is 16.7. The average molecular weight is 517 g/mol. The van der Waals surface area contributed by atoms with Gasteiger partial charge in [-0.2, -0.15) is 0 Å². The van der Waals surface area contributed by atoms with E-state index in [1.165, 1.54) is 0 Å². The molecular weight excluding hydrogens is 476 g/mol. The maximum atomic E-state index is 12.9. The van der Waals surface area contributed by atoms with Crippen LogP contribution in [0.3, 0.4) is 0 Å². The molecule has 0 radical (unpaired) electrons. The van der Waals surface area contributed by atoms with Crippen molar-refractivity contribution in [3.63, 3.8) is 0 Å². The number of rotatable bonds is 6. The number of aromatic hydroxyl groups is 1. The van der Waals surface area contributed by atoms with Crippen molar-refractivity contribution in [2.75, 3.05) is 6.61 Å². The molecule has 8 nitrogen and oxygen atoms in total. The van der Waals surface area contributed by atoms with Crippen LogP contribution in [-0.2, 0) is 35.0 Å². The largest absolute Gasteiger partial charge is 0.508 e. The quantitative estimate of drug-likeness (QED) is 0.431. The number of esters is 2. The summed E-state index contributed by atoms with van der Waals surface area (Å²) < 4.78 is 25.2. The van der Waals surface area contributed by atoms with E-state index < -0.39 is 48.1 Å². The Morgan fingerprint density at radius 1 is 1.08 bits per heavy atom. The van der Waals surface area contributed by atoms with E-state index in [0.29, 0.717) is 12.8 Å². The van der Waals surface area contributed by atoms with E-state index in [9.17, 15) is 19.8 Å². The molecule has 4 aliphatic rings. The number of benzene rings is 1. The molecule has 1 aliphatic carbocycles. The van der Waals surface area contributed by atoms with E-state index in [4.69, 9.17) is 18.9 Å². The van der Waals surface area contributed by atoms with Crippen LogP contribution in [0.25, 0.3) is 0 Å². The molecule has 3 bridgehead atoms. The predicted molar refractivity (Wildman–Crippen MR) is 133 cm³/mol. The number of aliphatic hydroxyl groups is 1. The molecule has 0 aromatic heterocycles. The van der Waals surface area contributed by atoms with Crippen LogP contribution in [0.4, 0.5) is 0 Å². The number of hydrogen-bond acceptors (Lipinski definition) is 8. The molecule has 1 aromatic rings. The van der Waals surface area contributed by atoms with Crippen molar-refractivity contribution in [3.05, 3.63) is 29.8 Å². The van der Waals surface area contributed by atoms with Crippen LogP contribution >= 0.6 is 0 Å². The first kappa shape index (κ1) is 26.4. The Morgan fingerprint density at radius 2 is 1.89 bits per heavy atom. The Hall–Kier alpha value is -2.16. The molecule has 37 heavy (non-hydrogen) atoms. The summed E-state index contributed by atoms with van der Waals surface area (Å²) in [5.41, 5.74) is 0.137. The third-order valence-corrected chi connectivity index (χ3v) is 9.14. The highest BCUT2D eigenvalue weighted by Crippen LogP contribution is 2.63. The molecule has 1 aromatic carbocycles. The topological polar surface area (TPSA) is 112 Å². The van der Waals surface area contributed by atoms with Crippen molar-refractivity contribution in [2.45, 2.75) is 108 Å². The van der Waals surface area contributed by atoms with Gasteiger partial charge in [0.15, 0.2) is 5.79 Å². The third kappa shape index (κ3) is 5.12. The molecular formula is C29H40O8. The molecule has 2 N–H and O–H groups in total. The Bertz CT molecular complexity index is 1020. The predicted octanol–water partition coefficient (Wildman–Crippen LogP) is 4.04. The van der Waals surface area contributed by atoms with Gasteiger partial charge < -0.3 is 29.2 Å². The summed E-state index contributed by atoms with van der Waals surface area (Å²) in [7, 11) is 0. The maximum Gasteiger partial charge on any atom is 0.312 e. The minimum absolute atomic E-state index is 0.0410. The monoisotopic (exact) mass is 516 g/mol. The van der Waals surface area contributed by atoms with Gasteiger partial charge in [0.25, 0.3) is 0 Å². The van der Waals surface area contributed by atoms with Gasteiger partial charge in [-0.15, -0.1) is 0 Å². The van der Waals surface area contributed by atoms with Crippen LogP contribution in [0, 0.1) is 17.3 Å². The number of carbonyl (C=O) groups is 2. The van der Waals surface area contributed by atoms with E-state index in [0.717, 1.165) is 44.1 Å². The molecule has 2 spiro atoms. The molecule has 3 aliphatic heterocycles. The van der Waals surface area contributed by atoms with E-state index in [-0.39, 0.29) is 29.6 Å². The molecule has 1 saturated carbocycles. The number of fused-ring (bicyclic) bond motifs is 1. The van der Waals surface area contributed by atoms with E-state index in [1.54, 1.807) is 12.1 Å². The summed E-state index contributed by atoms with van der Waals surface area (Å²) in [5, 5.41) is 19.4. The first-order valence-electron chi connectivity index (χ1n) is 13.7. The number of ether oxygens (including phenoxy) is 4. The molecule has 1 unspecified atom stereocenters. The van der Waals surface area contributed by atoms with E-state index >= 15 is 0 Å². The fraction of sp³-hybridized carbons (Fsp3) is 0.724. The second-order valence-electron chi connectivity index (χ2n) is 12.2. The zero-order chi connectivity index (χ0) is 26.4. The first-order chi connectivity index (χ1) is 17.6. The minimum Gasteiger partial charge on any atom is -0.508 e. The molecule has 3 heterocycles. The number of unbranched alkanes of at least 4 members (excludes halogenated alkanes) is 1. The lowest BCUT2D eigenvalue weighted by Gasteiger charge is -2.58. The molecule has 5 rings (SSSR count). The second kappa shape index (κ2) is 9.86. The fourth-order valence-corrected chi connectivity index (χ4v) is 6.45. The van der Waals surface area contributed by atoms with E-state index in [1.807, 2.05) is 12.1 Å². The van der Waals surface area contributed by atoms with Crippen molar-refractivity contribution < 1.29 is 38.7 Å². The van der Waals surface area contributed by atoms with Gasteiger partial charge >= 0.3 is 11.9 Å². The lowest BCUT2D eigenvalue weighted by molar-refractivity contribution is -0.389.